The second-order valence-electron chi connectivity index (χ2n) is 15.5. The molecule has 0 N–H and O–H groups in total. The number of anilines is 3. The maximum atomic E-state index is 2.49. The van der Waals surface area contributed by atoms with E-state index < -0.39 is 0 Å². The van der Waals surface area contributed by atoms with Gasteiger partial charge in [-0.25, -0.2) is 0 Å². The second kappa shape index (κ2) is 10.3. The van der Waals surface area contributed by atoms with Crippen LogP contribution in [0.25, 0.3) is 33.4 Å². The summed E-state index contributed by atoms with van der Waals surface area (Å²) in [6.07, 6.45) is 0. The summed E-state index contributed by atoms with van der Waals surface area (Å²) in [5.41, 5.74) is 18.2. The first kappa shape index (κ1) is 29.5. The van der Waals surface area contributed by atoms with Crippen molar-refractivity contribution >= 4 is 17.1 Å². The largest absolute Gasteiger partial charge is 0.310 e. The maximum absolute atomic E-state index is 2.49. The summed E-state index contributed by atoms with van der Waals surface area (Å²) in [5.74, 6) is 0. The minimum atomic E-state index is -0.117. The fraction of sp³-hybridized carbons (Fsp3) is 0.217. The zero-order valence-corrected chi connectivity index (χ0v) is 28.6. The van der Waals surface area contributed by atoms with E-state index in [9.17, 15) is 0 Å². The van der Waals surface area contributed by atoms with E-state index in [0.29, 0.717) is 0 Å². The summed E-state index contributed by atoms with van der Waals surface area (Å²) in [6, 6.07) is 49.9. The number of benzene rings is 6. The van der Waals surface area contributed by atoms with Gasteiger partial charge in [0.1, 0.15) is 0 Å². The highest BCUT2D eigenvalue weighted by molar-refractivity contribution is 5.92. The van der Waals surface area contributed by atoms with E-state index in [0.717, 1.165) is 0 Å². The SMILES string of the molecule is CC(C)(C)c1ccc2c(c1)C(C)(C)c1cc(N(c3ccc4c(c3)C(C)(C)c3ccccc3-4)c3ccccc3-c3ccccc3)ccc1-2. The molecule has 8 rings (SSSR count). The molecule has 0 unspecified atom stereocenters. The lowest BCUT2D eigenvalue weighted by atomic mass is 9.79. The minimum absolute atomic E-state index is 0.0844. The molecule has 1 nitrogen and oxygen atoms in total. The van der Waals surface area contributed by atoms with Gasteiger partial charge in [-0.3, -0.25) is 0 Å². The second-order valence-corrected chi connectivity index (χ2v) is 15.5. The number of fused-ring (bicyclic) bond motifs is 6. The van der Waals surface area contributed by atoms with Crippen LogP contribution in [0.1, 0.15) is 76.3 Å². The molecule has 0 atom stereocenters. The van der Waals surface area contributed by atoms with Crippen molar-refractivity contribution in [1.29, 1.82) is 0 Å². The molecule has 6 aromatic carbocycles. The monoisotopic (exact) mass is 609 g/mol. The van der Waals surface area contributed by atoms with Crippen molar-refractivity contribution < 1.29 is 0 Å². The average Bonchev–Trinajstić information content (AvgIpc) is 3.44. The van der Waals surface area contributed by atoms with Gasteiger partial charge in [0.2, 0.25) is 0 Å². The van der Waals surface area contributed by atoms with Crippen molar-refractivity contribution in [2.75, 3.05) is 4.90 Å². The standard InChI is InChI=1S/C46H43N/c1-44(2,3)31-21-24-36-38-26-23-33(29-42(38)46(6,7)40(36)27-31)47(43-20-14-12-17-34(43)30-15-9-8-10-16-30)32-22-25-37-35-18-11-13-19-39(35)45(4,5)41(37)28-32/h8-29H,1-7H3. The lowest BCUT2D eigenvalue weighted by Crippen LogP contribution is -2.19. The Morgan fingerprint density at radius 1 is 0.426 bits per heavy atom. The summed E-state index contributed by atoms with van der Waals surface area (Å²) in [4.78, 5) is 2.49. The predicted molar refractivity (Wildman–Crippen MR) is 200 cm³/mol. The Bertz CT molecular complexity index is 2170. The highest BCUT2D eigenvalue weighted by Crippen LogP contribution is 2.54. The third-order valence-electron chi connectivity index (χ3n) is 10.8. The molecule has 2 aliphatic carbocycles. The van der Waals surface area contributed by atoms with E-state index in [2.05, 4.69) is 187 Å². The first-order valence-electron chi connectivity index (χ1n) is 17.0. The summed E-state index contributed by atoms with van der Waals surface area (Å²) in [5, 5.41) is 0. The molecule has 0 amide bonds. The molecule has 0 radical (unpaired) electrons. The van der Waals surface area contributed by atoms with E-state index in [4.69, 9.17) is 0 Å². The molecule has 6 aromatic rings. The minimum Gasteiger partial charge on any atom is -0.310 e. The Balaban J connectivity index is 1.34. The predicted octanol–water partition coefficient (Wildman–Crippen LogP) is 12.7. The van der Waals surface area contributed by atoms with Crippen LogP contribution >= 0.6 is 0 Å². The van der Waals surface area contributed by atoms with Gasteiger partial charge in [0.05, 0.1) is 5.69 Å². The molecule has 0 aliphatic heterocycles. The van der Waals surface area contributed by atoms with Crippen LogP contribution in [0.5, 0.6) is 0 Å². The van der Waals surface area contributed by atoms with E-state index >= 15 is 0 Å². The zero-order chi connectivity index (χ0) is 32.7. The van der Waals surface area contributed by atoms with Crippen molar-refractivity contribution in [2.45, 2.75) is 64.7 Å². The van der Waals surface area contributed by atoms with Crippen LogP contribution < -0.4 is 4.90 Å². The van der Waals surface area contributed by atoms with E-state index in [-0.39, 0.29) is 16.2 Å². The molecule has 0 aromatic heterocycles. The molecule has 0 spiro atoms. The van der Waals surface area contributed by atoms with Gasteiger partial charge in [-0.15, -0.1) is 0 Å². The van der Waals surface area contributed by atoms with Gasteiger partial charge in [-0.1, -0.05) is 152 Å². The number of hydrogen-bond donors (Lipinski definition) is 0. The van der Waals surface area contributed by atoms with Gasteiger partial charge in [-0.2, -0.15) is 0 Å². The molecular formula is C46H43N. The van der Waals surface area contributed by atoms with Crippen LogP contribution in [0.2, 0.25) is 0 Å². The number of rotatable bonds is 4. The van der Waals surface area contributed by atoms with Gasteiger partial charge in [0, 0.05) is 27.8 Å². The summed E-state index contributed by atoms with van der Waals surface area (Å²) in [7, 11) is 0. The third-order valence-corrected chi connectivity index (χ3v) is 10.8. The van der Waals surface area contributed by atoms with Crippen LogP contribution in [0.4, 0.5) is 17.1 Å². The Kier molecular flexibility index (Phi) is 6.48. The number of nitrogens with zero attached hydrogens (tertiary/aromatic N) is 1. The topological polar surface area (TPSA) is 3.24 Å². The van der Waals surface area contributed by atoms with Crippen molar-refractivity contribution in [2.24, 2.45) is 0 Å². The van der Waals surface area contributed by atoms with Crippen LogP contribution in [0, 0.1) is 0 Å². The molecule has 1 heteroatoms. The first-order valence-corrected chi connectivity index (χ1v) is 17.0. The Hall–Kier alpha value is -4.88. The zero-order valence-electron chi connectivity index (χ0n) is 28.6. The average molecular weight is 610 g/mol. The van der Waals surface area contributed by atoms with Crippen LogP contribution in [0.3, 0.4) is 0 Å². The molecular weight excluding hydrogens is 567 g/mol. The van der Waals surface area contributed by atoms with Crippen LogP contribution in [-0.2, 0) is 16.2 Å². The quantitative estimate of drug-likeness (QED) is 0.192. The number of hydrogen-bond acceptors (Lipinski definition) is 1. The molecule has 0 heterocycles. The van der Waals surface area contributed by atoms with E-state index in [1.165, 1.54) is 78.3 Å². The Morgan fingerprint density at radius 3 is 1.51 bits per heavy atom. The van der Waals surface area contributed by atoms with Crippen molar-refractivity contribution in [1.82, 2.24) is 0 Å². The molecule has 0 saturated heterocycles. The van der Waals surface area contributed by atoms with Gasteiger partial charge in [0.25, 0.3) is 0 Å². The highest BCUT2D eigenvalue weighted by atomic mass is 15.1. The van der Waals surface area contributed by atoms with Crippen molar-refractivity contribution in [3.63, 3.8) is 0 Å². The molecule has 232 valence electrons. The normalized spacial score (nSPS) is 15.0. The molecule has 2 aliphatic rings. The van der Waals surface area contributed by atoms with Gasteiger partial charge >= 0.3 is 0 Å². The molecule has 47 heavy (non-hydrogen) atoms. The summed E-state index contributed by atoms with van der Waals surface area (Å²) < 4.78 is 0. The lowest BCUT2D eigenvalue weighted by Gasteiger charge is -2.31. The van der Waals surface area contributed by atoms with E-state index in [1.807, 2.05) is 0 Å². The van der Waals surface area contributed by atoms with E-state index in [1.54, 1.807) is 0 Å². The van der Waals surface area contributed by atoms with Crippen molar-refractivity contribution in [3.8, 4) is 33.4 Å². The highest BCUT2D eigenvalue weighted by Gasteiger charge is 2.38. The Morgan fingerprint density at radius 2 is 0.894 bits per heavy atom. The summed E-state index contributed by atoms with van der Waals surface area (Å²) in [6.45, 7) is 16.4. The van der Waals surface area contributed by atoms with Crippen LogP contribution in [-0.4, -0.2) is 0 Å². The van der Waals surface area contributed by atoms with Crippen molar-refractivity contribution in [3.05, 3.63) is 161 Å². The molecule has 0 saturated carbocycles. The van der Waals surface area contributed by atoms with Crippen LogP contribution in [0.15, 0.2) is 133 Å². The third kappa shape index (κ3) is 4.51. The number of para-hydroxylation sites is 1. The summed E-state index contributed by atoms with van der Waals surface area (Å²) >= 11 is 0. The van der Waals surface area contributed by atoms with Gasteiger partial charge < -0.3 is 4.90 Å². The first-order chi connectivity index (χ1) is 22.5. The molecule has 0 fully saturated rings. The smallest absolute Gasteiger partial charge is 0.0540 e. The fourth-order valence-electron chi connectivity index (χ4n) is 8.12. The maximum Gasteiger partial charge on any atom is 0.0540 e. The fourth-order valence-corrected chi connectivity index (χ4v) is 8.12. The van der Waals surface area contributed by atoms with Gasteiger partial charge in [0.15, 0.2) is 0 Å². The lowest BCUT2D eigenvalue weighted by molar-refractivity contribution is 0.584. The van der Waals surface area contributed by atoms with Gasteiger partial charge in [-0.05, 0) is 91.4 Å². The Labute approximate surface area is 280 Å². The molecule has 0 bridgehead atoms.